The lowest BCUT2D eigenvalue weighted by Crippen LogP contribution is -2.30. The van der Waals surface area contributed by atoms with Gasteiger partial charge in [0, 0.05) is 18.7 Å². The zero-order chi connectivity index (χ0) is 12.6. The summed E-state index contributed by atoms with van der Waals surface area (Å²) in [6.45, 7) is 5.15. The molecular weight excluding hydrogens is 226 g/mol. The average molecular weight is 247 g/mol. The van der Waals surface area contributed by atoms with Crippen LogP contribution in [0.4, 0.5) is 0 Å². The van der Waals surface area contributed by atoms with Crippen LogP contribution in [0, 0.1) is 11.3 Å². The minimum absolute atomic E-state index is 0.263. The predicted octanol–water partition coefficient (Wildman–Crippen LogP) is 1.87. The Morgan fingerprint density at radius 2 is 2.33 bits per heavy atom. The van der Waals surface area contributed by atoms with Crippen molar-refractivity contribution in [2.75, 3.05) is 13.1 Å². The molecule has 1 aromatic heterocycles. The van der Waals surface area contributed by atoms with Crippen molar-refractivity contribution in [3.63, 3.8) is 0 Å². The summed E-state index contributed by atoms with van der Waals surface area (Å²) in [6, 6.07) is 0. The normalized spacial score (nSPS) is 25.3. The third-order valence-corrected chi connectivity index (χ3v) is 4.48. The lowest BCUT2D eigenvalue weighted by Gasteiger charge is -2.22. The Morgan fingerprint density at radius 3 is 3.06 bits per heavy atom. The number of nitrogens with zero attached hydrogens (tertiary/aromatic N) is 2. The first-order valence-electron chi connectivity index (χ1n) is 7.02. The van der Waals surface area contributed by atoms with Crippen LogP contribution in [0.2, 0.25) is 0 Å². The number of ketones is 1. The molecule has 0 amide bonds. The maximum Gasteiger partial charge on any atom is 0.169 e. The summed E-state index contributed by atoms with van der Waals surface area (Å²) in [5.41, 5.74) is 1.14. The number of rotatable bonds is 4. The third-order valence-electron chi connectivity index (χ3n) is 4.48. The summed E-state index contributed by atoms with van der Waals surface area (Å²) in [5.74, 6) is 0.582. The van der Waals surface area contributed by atoms with E-state index in [-0.39, 0.29) is 5.92 Å². The molecule has 1 N–H and O–H groups in total. The van der Waals surface area contributed by atoms with Crippen LogP contribution in [0.3, 0.4) is 0 Å². The summed E-state index contributed by atoms with van der Waals surface area (Å²) in [4.78, 5) is 12.4. The van der Waals surface area contributed by atoms with Crippen molar-refractivity contribution in [1.82, 2.24) is 15.1 Å². The molecule has 2 heterocycles. The van der Waals surface area contributed by atoms with Gasteiger partial charge in [-0.3, -0.25) is 9.48 Å². The van der Waals surface area contributed by atoms with Gasteiger partial charge in [0.05, 0.1) is 11.8 Å². The van der Waals surface area contributed by atoms with Crippen molar-refractivity contribution in [2.24, 2.45) is 11.3 Å². The molecule has 1 aliphatic carbocycles. The quantitative estimate of drug-likeness (QED) is 0.826. The van der Waals surface area contributed by atoms with Gasteiger partial charge in [0.15, 0.2) is 5.78 Å². The SMILES string of the molecule is CCCn1cc(C(=O)C2CC23CCNCC3)cn1. The molecule has 0 bridgehead atoms. The maximum absolute atomic E-state index is 12.4. The average Bonchev–Trinajstić information content (AvgIpc) is 2.87. The fraction of sp³-hybridized carbons (Fsp3) is 0.714. The van der Waals surface area contributed by atoms with Crippen LogP contribution in [-0.2, 0) is 6.54 Å². The van der Waals surface area contributed by atoms with Crippen LogP contribution < -0.4 is 5.32 Å². The van der Waals surface area contributed by atoms with Crippen LogP contribution >= 0.6 is 0 Å². The minimum atomic E-state index is 0.263. The van der Waals surface area contributed by atoms with Gasteiger partial charge in [0.25, 0.3) is 0 Å². The second-order valence-electron chi connectivity index (χ2n) is 5.73. The lowest BCUT2D eigenvalue weighted by atomic mass is 9.90. The molecule has 98 valence electrons. The van der Waals surface area contributed by atoms with Gasteiger partial charge in [-0.25, -0.2) is 0 Å². The lowest BCUT2D eigenvalue weighted by molar-refractivity contribution is 0.0940. The fourth-order valence-corrected chi connectivity index (χ4v) is 3.24. The van der Waals surface area contributed by atoms with E-state index in [9.17, 15) is 4.79 Å². The second-order valence-corrected chi connectivity index (χ2v) is 5.73. The highest BCUT2D eigenvalue weighted by atomic mass is 16.1. The number of nitrogens with one attached hydrogen (secondary N) is 1. The van der Waals surface area contributed by atoms with E-state index in [2.05, 4.69) is 17.3 Å². The summed E-state index contributed by atoms with van der Waals surface area (Å²) in [7, 11) is 0. The van der Waals surface area contributed by atoms with Crippen molar-refractivity contribution < 1.29 is 4.79 Å². The Kier molecular flexibility index (Phi) is 2.98. The molecule has 1 atom stereocenters. The first kappa shape index (κ1) is 11.9. The van der Waals surface area contributed by atoms with E-state index < -0.39 is 0 Å². The maximum atomic E-state index is 12.4. The molecule has 18 heavy (non-hydrogen) atoms. The summed E-state index contributed by atoms with van der Waals surface area (Å²) < 4.78 is 1.88. The van der Waals surface area contributed by atoms with Gasteiger partial charge in [0.2, 0.25) is 0 Å². The van der Waals surface area contributed by atoms with Gasteiger partial charge in [-0.05, 0) is 44.2 Å². The number of hydrogen-bond acceptors (Lipinski definition) is 3. The van der Waals surface area contributed by atoms with Crippen molar-refractivity contribution in [3.8, 4) is 0 Å². The second kappa shape index (κ2) is 4.50. The Morgan fingerprint density at radius 1 is 1.56 bits per heavy atom. The molecule has 1 unspecified atom stereocenters. The monoisotopic (exact) mass is 247 g/mol. The number of Topliss-reactive ketones (excluding diaryl/α,β-unsaturated/α-hetero) is 1. The Labute approximate surface area is 108 Å². The van der Waals surface area contributed by atoms with Crippen LogP contribution in [0.25, 0.3) is 0 Å². The van der Waals surface area contributed by atoms with Crippen molar-refractivity contribution in [2.45, 2.75) is 39.2 Å². The first-order valence-corrected chi connectivity index (χ1v) is 7.02. The summed E-state index contributed by atoms with van der Waals surface area (Å²) in [5, 5.41) is 7.63. The molecule has 1 aliphatic heterocycles. The van der Waals surface area contributed by atoms with Crippen molar-refractivity contribution in [3.05, 3.63) is 18.0 Å². The molecule has 2 fully saturated rings. The van der Waals surface area contributed by atoms with Crippen LogP contribution in [0.1, 0.15) is 43.0 Å². The number of aromatic nitrogens is 2. The molecule has 1 aromatic rings. The highest BCUT2D eigenvalue weighted by Gasteiger charge is 2.57. The van der Waals surface area contributed by atoms with E-state index in [1.165, 1.54) is 0 Å². The molecule has 1 saturated carbocycles. The first-order chi connectivity index (χ1) is 8.75. The smallest absolute Gasteiger partial charge is 0.169 e. The van der Waals surface area contributed by atoms with E-state index in [0.717, 1.165) is 50.9 Å². The van der Waals surface area contributed by atoms with Crippen molar-refractivity contribution in [1.29, 1.82) is 0 Å². The van der Waals surface area contributed by atoms with Gasteiger partial charge in [-0.2, -0.15) is 5.10 Å². The minimum Gasteiger partial charge on any atom is -0.317 e. The molecule has 2 aliphatic rings. The van der Waals surface area contributed by atoms with E-state index in [4.69, 9.17) is 0 Å². The highest BCUT2D eigenvalue weighted by molar-refractivity contribution is 5.99. The Bertz CT molecular complexity index is 446. The summed E-state index contributed by atoms with van der Waals surface area (Å²) >= 11 is 0. The van der Waals surface area contributed by atoms with Gasteiger partial charge in [-0.1, -0.05) is 6.92 Å². The highest BCUT2D eigenvalue weighted by Crippen LogP contribution is 2.59. The molecule has 3 rings (SSSR count). The van der Waals surface area contributed by atoms with Crippen LogP contribution in [-0.4, -0.2) is 28.7 Å². The zero-order valence-corrected chi connectivity index (χ0v) is 11.0. The zero-order valence-electron chi connectivity index (χ0n) is 11.0. The number of hydrogen-bond donors (Lipinski definition) is 1. The fourth-order valence-electron chi connectivity index (χ4n) is 3.24. The number of piperidine rings is 1. The largest absolute Gasteiger partial charge is 0.317 e. The van der Waals surface area contributed by atoms with Crippen LogP contribution in [0.15, 0.2) is 12.4 Å². The summed E-state index contributed by atoms with van der Waals surface area (Å²) in [6.07, 6.45) is 8.11. The predicted molar refractivity (Wildman–Crippen MR) is 69.5 cm³/mol. The molecule has 1 spiro atoms. The van der Waals surface area contributed by atoms with Gasteiger partial charge < -0.3 is 5.32 Å². The molecule has 0 radical (unpaired) electrons. The molecule has 4 heteroatoms. The third kappa shape index (κ3) is 1.99. The van der Waals surface area contributed by atoms with Gasteiger partial charge >= 0.3 is 0 Å². The number of carbonyl (C=O) groups excluding carboxylic acids is 1. The van der Waals surface area contributed by atoms with Gasteiger partial charge in [-0.15, -0.1) is 0 Å². The molecular formula is C14H21N3O. The van der Waals surface area contributed by atoms with Crippen molar-refractivity contribution >= 4 is 5.78 Å². The molecule has 1 saturated heterocycles. The number of carbonyl (C=O) groups is 1. The van der Waals surface area contributed by atoms with E-state index in [0.29, 0.717) is 11.2 Å². The standard InChI is InChI=1S/C14H21N3O/c1-2-7-17-10-11(9-16-17)13(18)12-8-14(12)3-5-15-6-4-14/h9-10,12,15H,2-8H2,1H3. The number of aryl methyl sites for hydroxylation is 1. The van der Waals surface area contributed by atoms with E-state index in [1.807, 2.05) is 10.9 Å². The van der Waals surface area contributed by atoms with E-state index >= 15 is 0 Å². The van der Waals surface area contributed by atoms with Gasteiger partial charge in [0.1, 0.15) is 0 Å². The topological polar surface area (TPSA) is 46.9 Å². The van der Waals surface area contributed by atoms with E-state index in [1.54, 1.807) is 6.20 Å². The Balaban J connectivity index is 1.68. The van der Waals surface area contributed by atoms with Crippen LogP contribution in [0.5, 0.6) is 0 Å². The molecule has 0 aromatic carbocycles. The molecule has 4 nitrogen and oxygen atoms in total. The Hall–Kier alpha value is -1.16.